The van der Waals surface area contributed by atoms with E-state index >= 15 is 0 Å². The summed E-state index contributed by atoms with van der Waals surface area (Å²) in [5.74, 6) is 0.655. The predicted molar refractivity (Wildman–Crippen MR) is 132 cm³/mol. The number of hydrogen-bond donors (Lipinski definition) is 0. The molecule has 4 aromatic rings. The van der Waals surface area contributed by atoms with E-state index < -0.39 is 0 Å². The molecule has 5 rings (SSSR count). The van der Waals surface area contributed by atoms with Crippen molar-refractivity contribution in [2.45, 2.75) is 32.1 Å². The first-order valence-electron chi connectivity index (χ1n) is 11.8. The van der Waals surface area contributed by atoms with Crippen molar-refractivity contribution in [1.29, 1.82) is 0 Å². The summed E-state index contributed by atoms with van der Waals surface area (Å²) in [5, 5.41) is 4.77. The molecule has 0 spiro atoms. The molecule has 176 valence electrons. The Labute approximate surface area is 199 Å². The van der Waals surface area contributed by atoms with E-state index in [1.165, 1.54) is 17.5 Å². The van der Waals surface area contributed by atoms with Gasteiger partial charge in [0.2, 0.25) is 5.88 Å². The van der Waals surface area contributed by atoms with E-state index in [2.05, 4.69) is 52.1 Å². The number of benzene rings is 1. The summed E-state index contributed by atoms with van der Waals surface area (Å²) in [5.41, 5.74) is 6.62. The molecule has 1 fully saturated rings. The minimum Gasteiger partial charge on any atom is -0.481 e. The van der Waals surface area contributed by atoms with E-state index in [4.69, 9.17) is 9.84 Å². The zero-order chi connectivity index (χ0) is 23.7. The maximum atomic E-state index is 14.6. The minimum absolute atomic E-state index is 0.304. The van der Waals surface area contributed by atoms with Crippen LogP contribution in [0.3, 0.4) is 0 Å². The van der Waals surface area contributed by atoms with Crippen molar-refractivity contribution in [1.82, 2.24) is 24.6 Å². The number of aromatic nitrogens is 4. The average Bonchev–Trinajstić information content (AvgIpc) is 3.25. The smallest absolute Gasteiger partial charge is 0.213 e. The normalized spacial score (nSPS) is 15.2. The molecule has 3 aromatic heterocycles. The van der Waals surface area contributed by atoms with Crippen LogP contribution >= 0.6 is 0 Å². The average molecular weight is 460 g/mol. The van der Waals surface area contributed by atoms with Crippen LogP contribution in [-0.2, 0) is 13.5 Å². The van der Waals surface area contributed by atoms with Crippen molar-refractivity contribution in [3.63, 3.8) is 0 Å². The molecule has 1 aromatic carbocycles. The standard InChI is InChI=1S/C27H30FN5O/c1-18-4-6-19(7-5-18)24-16-25(32(2)31-24)20-10-13-33(14-11-20)15-12-21-22(28)17-29-23-8-9-26(34-3)30-27(21)23/h4-9,16-17,20H,10-15H2,1-3H3. The maximum Gasteiger partial charge on any atom is 0.213 e. The van der Waals surface area contributed by atoms with Gasteiger partial charge in [-0.2, -0.15) is 5.10 Å². The molecular weight excluding hydrogens is 429 g/mol. The summed E-state index contributed by atoms with van der Waals surface area (Å²) in [4.78, 5) is 11.1. The van der Waals surface area contributed by atoms with Crippen LogP contribution in [0, 0.1) is 12.7 Å². The number of aryl methyl sites for hydroxylation is 2. The minimum atomic E-state index is -0.304. The van der Waals surface area contributed by atoms with Gasteiger partial charge < -0.3 is 9.64 Å². The van der Waals surface area contributed by atoms with Crippen LogP contribution in [-0.4, -0.2) is 51.4 Å². The largest absolute Gasteiger partial charge is 0.481 e. The van der Waals surface area contributed by atoms with Crippen LogP contribution in [0.2, 0.25) is 0 Å². The first-order chi connectivity index (χ1) is 16.5. The number of pyridine rings is 2. The molecule has 1 saturated heterocycles. The number of likely N-dealkylation sites (tertiary alicyclic amines) is 1. The van der Waals surface area contributed by atoms with Crippen LogP contribution in [0.4, 0.5) is 4.39 Å². The van der Waals surface area contributed by atoms with Crippen LogP contribution in [0.25, 0.3) is 22.3 Å². The van der Waals surface area contributed by atoms with Crippen molar-refractivity contribution >= 4 is 11.0 Å². The van der Waals surface area contributed by atoms with Gasteiger partial charge in [-0.3, -0.25) is 9.67 Å². The number of ether oxygens (including phenoxy) is 1. The molecule has 0 bridgehead atoms. The van der Waals surface area contributed by atoms with E-state index in [1.807, 2.05) is 17.8 Å². The highest BCUT2D eigenvalue weighted by atomic mass is 19.1. The monoisotopic (exact) mass is 459 g/mol. The van der Waals surface area contributed by atoms with Crippen LogP contribution in [0.1, 0.15) is 35.6 Å². The number of hydrogen-bond acceptors (Lipinski definition) is 5. The fraction of sp³-hybridized carbons (Fsp3) is 0.370. The zero-order valence-corrected chi connectivity index (χ0v) is 20.0. The number of rotatable bonds is 6. The molecule has 1 aliphatic rings. The van der Waals surface area contributed by atoms with Crippen molar-refractivity contribution < 1.29 is 9.13 Å². The summed E-state index contributed by atoms with van der Waals surface area (Å²) in [7, 11) is 3.61. The molecule has 0 atom stereocenters. The Kier molecular flexibility index (Phi) is 6.28. The molecule has 0 saturated carbocycles. The Balaban J connectivity index is 1.24. The molecule has 1 aliphatic heterocycles. The molecule has 0 unspecified atom stereocenters. The SMILES string of the molecule is COc1ccc2ncc(F)c(CCN3CCC(c4cc(-c5ccc(C)cc5)nn4C)CC3)c2n1. The Morgan fingerprint density at radius 1 is 1.09 bits per heavy atom. The highest BCUT2D eigenvalue weighted by Gasteiger charge is 2.24. The van der Waals surface area contributed by atoms with E-state index in [0.717, 1.165) is 43.7 Å². The lowest BCUT2D eigenvalue weighted by atomic mass is 9.92. The first kappa shape index (κ1) is 22.5. The Morgan fingerprint density at radius 2 is 1.85 bits per heavy atom. The zero-order valence-electron chi connectivity index (χ0n) is 20.0. The van der Waals surface area contributed by atoms with Crippen LogP contribution in [0.5, 0.6) is 5.88 Å². The molecule has 7 heteroatoms. The van der Waals surface area contributed by atoms with Gasteiger partial charge in [0.15, 0.2) is 0 Å². The molecule has 34 heavy (non-hydrogen) atoms. The summed E-state index contributed by atoms with van der Waals surface area (Å²) < 4.78 is 21.9. The van der Waals surface area contributed by atoms with Gasteiger partial charge in [-0.25, -0.2) is 9.37 Å². The summed E-state index contributed by atoms with van der Waals surface area (Å²) >= 11 is 0. The van der Waals surface area contributed by atoms with Gasteiger partial charge in [-0.1, -0.05) is 29.8 Å². The lowest BCUT2D eigenvalue weighted by Gasteiger charge is -2.32. The molecule has 0 amide bonds. The van der Waals surface area contributed by atoms with Gasteiger partial charge in [0, 0.05) is 42.4 Å². The molecule has 6 nitrogen and oxygen atoms in total. The number of piperidine rings is 1. The molecule has 0 aliphatic carbocycles. The Hall–Kier alpha value is -3.32. The summed E-state index contributed by atoms with van der Waals surface area (Å²) in [6.07, 6.45) is 4.03. The number of fused-ring (bicyclic) bond motifs is 1. The highest BCUT2D eigenvalue weighted by molar-refractivity contribution is 5.78. The second-order valence-electron chi connectivity index (χ2n) is 9.12. The summed E-state index contributed by atoms with van der Waals surface area (Å²) in [6, 6.07) is 14.3. The third kappa shape index (κ3) is 4.53. The topological polar surface area (TPSA) is 56.1 Å². The van der Waals surface area contributed by atoms with E-state index in [-0.39, 0.29) is 5.82 Å². The fourth-order valence-corrected chi connectivity index (χ4v) is 4.88. The quantitative estimate of drug-likeness (QED) is 0.410. The lowest BCUT2D eigenvalue weighted by Crippen LogP contribution is -2.35. The molecular formula is C27H30FN5O. The van der Waals surface area contributed by atoms with E-state index in [9.17, 15) is 4.39 Å². The molecule has 0 N–H and O–H groups in total. The third-order valence-electron chi connectivity index (χ3n) is 6.90. The lowest BCUT2D eigenvalue weighted by molar-refractivity contribution is 0.211. The van der Waals surface area contributed by atoms with Crippen molar-refractivity contribution in [2.75, 3.05) is 26.7 Å². The van der Waals surface area contributed by atoms with Gasteiger partial charge >= 0.3 is 0 Å². The molecule has 4 heterocycles. The number of methoxy groups -OCH3 is 1. The van der Waals surface area contributed by atoms with Crippen LogP contribution < -0.4 is 4.74 Å². The van der Waals surface area contributed by atoms with Gasteiger partial charge in [0.05, 0.1) is 30.0 Å². The molecule has 0 radical (unpaired) electrons. The second-order valence-corrected chi connectivity index (χ2v) is 9.12. The van der Waals surface area contributed by atoms with Crippen molar-refractivity contribution in [2.24, 2.45) is 7.05 Å². The van der Waals surface area contributed by atoms with Crippen molar-refractivity contribution in [3.05, 3.63) is 71.3 Å². The van der Waals surface area contributed by atoms with E-state index in [0.29, 0.717) is 34.8 Å². The van der Waals surface area contributed by atoms with Gasteiger partial charge in [0.1, 0.15) is 5.82 Å². The van der Waals surface area contributed by atoms with Gasteiger partial charge in [-0.05, 0) is 51.4 Å². The van der Waals surface area contributed by atoms with Crippen LogP contribution in [0.15, 0.2) is 48.7 Å². The highest BCUT2D eigenvalue weighted by Crippen LogP contribution is 2.31. The second kappa shape index (κ2) is 9.50. The Bertz CT molecular complexity index is 1290. The number of nitrogens with zero attached hydrogens (tertiary/aromatic N) is 5. The third-order valence-corrected chi connectivity index (χ3v) is 6.90. The number of halogens is 1. The Morgan fingerprint density at radius 3 is 2.59 bits per heavy atom. The maximum absolute atomic E-state index is 14.6. The van der Waals surface area contributed by atoms with Gasteiger partial charge in [0.25, 0.3) is 0 Å². The van der Waals surface area contributed by atoms with Crippen molar-refractivity contribution in [3.8, 4) is 17.1 Å². The predicted octanol–water partition coefficient (Wildman–Crippen LogP) is 4.91. The fourth-order valence-electron chi connectivity index (χ4n) is 4.88. The first-order valence-corrected chi connectivity index (χ1v) is 11.8. The van der Waals surface area contributed by atoms with Gasteiger partial charge in [-0.15, -0.1) is 0 Å². The summed E-state index contributed by atoms with van der Waals surface area (Å²) in [6.45, 7) is 4.86. The van der Waals surface area contributed by atoms with E-state index in [1.54, 1.807) is 13.2 Å².